The van der Waals surface area contributed by atoms with Gasteiger partial charge < -0.3 is 10.4 Å². The average molecular weight is 293 g/mol. The van der Waals surface area contributed by atoms with Crippen molar-refractivity contribution in [3.05, 3.63) is 0 Å². The molecule has 112 valence electrons. The number of sulfone groups is 1. The summed E-state index contributed by atoms with van der Waals surface area (Å²) in [5, 5.41) is 11.5. The number of carbonyl (C=O) groups excluding carboxylic acids is 1. The highest BCUT2D eigenvalue weighted by molar-refractivity contribution is 7.90. The Kier molecular flexibility index (Phi) is 7.66. The second-order valence-electron chi connectivity index (χ2n) is 5.20. The first kappa shape index (κ1) is 17.9. The molecule has 0 saturated carbocycles. The Labute approximate surface area is 114 Å². The molecule has 0 rings (SSSR count). The van der Waals surface area contributed by atoms with Crippen LogP contribution in [0.5, 0.6) is 0 Å². The number of rotatable bonds is 9. The highest BCUT2D eigenvalue weighted by Crippen LogP contribution is 2.11. The fourth-order valence-electron chi connectivity index (χ4n) is 1.66. The summed E-state index contributed by atoms with van der Waals surface area (Å²) in [5.74, 6) is -1.62. The number of nitrogens with one attached hydrogen (secondary N) is 1. The van der Waals surface area contributed by atoms with Crippen LogP contribution in [0.15, 0.2) is 0 Å². The minimum Gasteiger partial charge on any atom is -0.481 e. The Bertz CT molecular complexity index is 402. The molecule has 0 spiro atoms. The highest BCUT2D eigenvalue weighted by Gasteiger charge is 2.19. The zero-order chi connectivity index (χ0) is 15.1. The van der Waals surface area contributed by atoms with E-state index < -0.39 is 21.7 Å². The normalized spacial score (nSPS) is 13.3. The zero-order valence-electron chi connectivity index (χ0n) is 11.7. The van der Waals surface area contributed by atoms with Crippen molar-refractivity contribution in [3.8, 4) is 0 Å². The van der Waals surface area contributed by atoms with Crippen LogP contribution < -0.4 is 5.32 Å². The lowest BCUT2D eigenvalue weighted by molar-refractivity contribution is -0.142. The second-order valence-corrected chi connectivity index (χ2v) is 7.46. The summed E-state index contributed by atoms with van der Waals surface area (Å²) >= 11 is 0. The number of aliphatic carboxylic acids is 1. The highest BCUT2D eigenvalue weighted by atomic mass is 32.2. The molecule has 1 unspecified atom stereocenters. The maximum Gasteiger partial charge on any atom is 0.308 e. The lowest BCUT2D eigenvalue weighted by Gasteiger charge is -2.15. The SMILES string of the molecule is CC(C)CC(CNC(=O)CCCS(C)(=O)=O)C(=O)O. The Morgan fingerprint density at radius 1 is 1.26 bits per heavy atom. The second kappa shape index (κ2) is 8.14. The summed E-state index contributed by atoms with van der Waals surface area (Å²) in [6.45, 7) is 3.93. The summed E-state index contributed by atoms with van der Waals surface area (Å²) in [6.07, 6.45) is 1.97. The van der Waals surface area contributed by atoms with Crippen LogP contribution in [0.3, 0.4) is 0 Å². The van der Waals surface area contributed by atoms with Crippen LogP contribution in [0.25, 0.3) is 0 Å². The number of hydrogen-bond acceptors (Lipinski definition) is 4. The van der Waals surface area contributed by atoms with Crippen molar-refractivity contribution in [2.75, 3.05) is 18.6 Å². The van der Waals surface area contributed by atoms with Gasteiger partial charge >= 0.3 is 5.97 Å². The number of carboxylic acids is 1. The van der Waals surface area contributed by atoms with Gasteiger partial charge in [-0.25, -0.2) is 8.42 Å². The summed E-state index contributed by atoms with van der Waals surface area (Å²) in [6, 6.07) is 0. The lowest BCUT2D eigenvalue weighted by Crippen LogP contribution is -2.33. The minimum atomic E-state index is -3.05. The van der Waals surface area contributed by atoms with Crippen LogP contribution in [0, 0.1) is 11.8 Å². The third kappa shape index (κ3) is 10.5. The summed E-state index contributed by atoms with van der Waals surface area (Å²) in [5.41, 5.74) is 0. The van der Waals surface area contributed by atoms with Gasteiger partial charge in [-0.2, -0.15) is 0 Å². The van der Waals surface area contributed by atoms with E-state index in [1.165, 1.54) is 0 Å². The summed E-state index contributed by atoms with van der Waals surface area (Å²) in [7, 11) is -3.05. The summed E-state index contributed by atoms with van der Waals surface area (Å²) < 4.78 is 21.8. The molecular weight excluding hydrogens is 270 g/mol. The Balaban J connectivity index is 4.02. The van der Waals surface area contributed by atoms with Crippen molar-refractivity contribution in [3.63, 3.8) is 0 Å². The van der Waals surface area contributed by atoms with Gasteiger partial charge in [0.1, 0.15) is 9.84 Å². The molecule has 7 heteroatoms. The van der Waals surface area contributed by atoms with E-state index in [2.05, 4.69) is 5.32 Å². The van der Waals surface area contributed by atoms with Crippen LogP contribution in [0.2, 0.25) is 0 Å². The van der Waals surface area contributed by atoms with E-state index in [0.717, 1.165) is 6.26 Å². The molecular formula is C12H23NO5S. The van der Waals surface area contributed by atoms with Crippen molar-refractivity contribution in [2.24, 2.45) is 11.8 Å². The fraction of sp³-hybridized carbons (Fsp3) is 0.833. The van der Waals surface area contributed by atoms with Gasteiger partial charge in [0, 0.05) is 19.2 Å². The Morgan fingerprint density at radius 2 is 1.84 bits per heavy atom. The first-order valence-electron chi connectivity index (χ1n) is 6.29. The van der Waals surface area contributed by atoms with E-state index in [9.17, 15) is 18.0 Å². The van der Waals surface area contributed by atoms with Crippen molar-refractivity contribution in [1.29, 1.82) is 0 Å². The van der Waals surface area contributed by atoms with Crippen LogP contribution in [-0.4, -0.2) is 44.0 Å². The van der Waals surface area contributed by atoms with Crippen LogP contribution in [0.4, 0.5) is 0 Å². The first-order chi connectivity index (χ1) is 8.61. The average Bonchev–Trinajstić information content (AvgIpc) is 2.21. The standard InChI is InChI=1S/C12H23NO5S/c1-9(2)7-10(12(15)16)8-13-11(14)5-4-6-19(3,17)18/h9-10H,4-8H2,1-3H3,(H,13,14)(H,15,16). The zero-order valence-corrected chi connectivity index (χ0v) is 12.5. The van der Waals surface area contributed by atoms with Crippen LogP contribution in [0.1, 0.15) is 33.1 Å². The molecule has 0 aliphatic rings. The smallest absolute Gasteiger partial charge is 0.308 e. The molecule has 1 amide bonds. The number of amides is 1. The molecule has 0 radical (unpaired) electrons. The number of hydrogen-bond donors (Lipinski definition) is 2. The molecule has 0 aromatic carbocycles. The van der Waals surface area contributed by atoms with Gasteiger partial charge in [-0.15, -0.1) is 0 Å². The molecule has 19 heavy (non-hydrogen) atoms. The van der Waals surface area contributed by atoms with Crippen molar-refractivity contribution < 1.29 is 23.1 Å². The molecule has 0 aliphatic heterocycles. The molecule has 0 fully saturated rings. The maximum absolute atomic E-state index is 11.4. The Morgan fingerprint density at radius 3 is 2.26 bits per heavy atom. The van der Waals surface area contributed by atoms with E-state index in [-0.39, 0.29) is 37.0 Å². The molecule has 0 heterocycles. The Hall–Kier alpha value is -1.11. The van der Waals surface area contributed by atoms with E-state index in [1.54, 1.807) is 0 Å². The van der Waals surface area contributed by atoms with Crippen molar-refractivity contribution >= 4 is 21.7 Å². The van der Waals surface area contributed by atoms with Crippen LogP contribution >= 0.6 is 0 Å². The molecule has 0 saturated heterocycles. The van der Waals surface area contributed by atoms with Gasteiger partial charge in [-0.1, -0.05) is 13.8 Å². The lowest BCUT2D eigenvalue weighted by atomic mass is 9.97. The quantitative estimate of drug-likeness (QED) is 0.651. The van der Waals surface area contributed by atoms with Gasteiger partial charge in [-0.3, -0.25) is 9.59 Å². The van der Waals surface area contributed by atoms with Gasteiger partial charge in [0.15, 0.2) is 0 Å². The predicted octanol–water partition coefficient (Wildman–Crippen LogP) is 0.674. The minimum absolute atomic E-state index is 0.0330. The molecule has 0 aliphatic carbocycles. The predicted molar refractivity (Wildman–Crippen MR) is 72.5 cm³/mol. The topological polar surface area (TPSA) is 101 Å². The first-order valence-corrected chi connectivity index (χ1v) is 8.35. The van der Waals surface area contributed by atoms with E-state index in [0.29, 0.717) is 6.42 Å². The van der Waals surface area contributed by atoms with Gasteiger partial charge in [-0.05, 0) is 18.8 Å². The molecule has 2 N–H and O–H groups in total. The van der Waals surface area contributed by atoms with Crippen molar-refractivity contribution in [1.82, 2.24) is 5.32 Å². The summed E-state index contributed by atoms with van der Waals surface area (Å²) in [4.78, 5) is 22.4. The monoisotopic (exact) mass is 293 g/mol. The van der Waals surface area contributed by atoms with E-state index in [1.807, 2.05) is 13.8 Å². The third-order valence-electron chi connectivity index (χ3n) is 2.57. The van der Waals surface area contributed by atoms with Gasteiger partial charge in [0.25, 0.3) is 0 Å². The molecule has 6 nitrogen and oxygen atoms in total. The van der Waals surface area contributed by atoms with Gasteiger partial charge in [0.2, 0.25) is 5.91 Å². The number of carbonyl (C=O) groups is 2. The third-order valence-corrected chi connectivity index (χ3v) is 3.60. The molecule has 0 bridgehead atoms. The van der Waals surface area contributed by atoms with E-state index in [4.69, 9.17) is 5.11 Å². The molecule has 1 atom stereocenters. The number of carboxylic acid groups (broad SMARTS) is 1. The molecule has 0 aromatic heterocycles. The molecule has 0 aromatic rings. The maximum atomic E-state index is 11.4. The largest absolute Gasteiger partial charge is 0.481 e. The van der Waals surface area contributed by atoms with Gasteiger partial charge in [0.05, 0.1) is 11.7 Å². The van der Waals surface area contributed by atoms with E-state index >= 15 is 0 Å². The van der Waals surface area contributed by atoms with Crippen LogP contribution in [-0.2, 0) is 19.4 Å². The van der Waals surface area contributed by atoms with Crippen molar-refractivity contribution in [2.45, 2.75) is 33.1 Å². The fourth-order valence-corrected chi connectivity index (χ4v) is 2.33.